The van der Waals surface area contributed by atoms with E-state index in [0.717, 1.165) is 16.7 Å². The molecule has 1 aromatic rings. The second kappa shape index (κ2) is 4.67. The standard InChI is InChI=1S/C10H10ClIN2O/c11-8-3-7(12)1-2-9(8)14-10(15)6-4-13-5-6/h1-3,6,13H,4-5H2,(H,14,15). The molecule has 0 saturated carbocycles. The molecular formula is C10H10ClIN2O. The fraction of sp³-hybridized carbons (Fsp3) is 0.300. The van der Waals surface area contributed by atoms with E-state index >= 15 is 0 Å². The molecule has 15 heavy (non-hydrogen) atoms. The lowest BCUT2D eigenvalue weighted by molar-refractivity contribution is -0.121. The normalized spacial score (nSPS) is 15.9. The first-order valence-corrected chi connectivity index (χ1v) is 6.09. The third-order valence-corrected chi connectivity index (χ3v) is 3.32. The fourth-order valence-corrected chi connectivity index (χ4v) is 2.20. The van der Waals surface area contributed by atoms with Crippen molar-refractivity contribution in [2.75, 3.05) is 18.4 Å². The summed E-state index contributed by atoms with van der Waals surface area (Å²) in [6.07, 6.45) is 0. The van der Waals surface area contributed by atoms with Gasteiger partial charge in [0.25, 0.3) is 0 Å². The van der Waals surface area contributed by atoms with Crippen molar-refractivity contribution < 1.29 is 4.79 Å². The Balaban J connectivity index is 2.06. The van der Waals surface area contributed by atoms with Gasteiger partial charge in [-0.2, -0.15) is 0 Å². The lowest BCUT2D eigenvalue weighted by Crippen LogP contribution is -2.48. The highest BCUT2D eigenvalue weighted by molar-refractivity contribution is 14.1. The topological polar surface area (TPSA) is 41.1 Å². The Morgan fingerprint density at radius 3 is 2.80 bits per heavy atom. The molecule has 1 fully saturated rings. The molecule has 2 rings (SSSR count). The molecule has 5 heteroatoms. The number of rotatable bonds is 2. The van der Waals surface area contributed by atoms with E-state index in [9.17, 15) is 4.79 Å². The van der Waals surface area contributed by atoms with Gasteiger partial charge in [-0.15, -0.1) is 0 Å². The highest BCUT2D eigenvalue weighted by Crippen LogP contribution is 2.24. The van der Waals surface area contributed by atoms with Crippen LogP contribution in [0.3, 0.4) is 0 Å². The zero-order chi connectivity index (χ0) is 10.8. The van der Waals surface area contributed by atoms with E-state index in [1.54, 1.807) is 0 Å². The Bertz CT molecular complexity index is 393. The first kappa shape index (κ1) is 11.2. The molecule has 1 aromatic carbocycles. The predicted molar refractivity (Wildman–Crippen MR) is 69.2 cm³/mol. The highest BCUT2D eigenvalue weighted by atomic mass is 127. The number of halogens is 2. The van der Waals surface area contributed by atoms with Crippen LogP contribution < -0.4 is 10.6 Å². The van der Waals surface area contributed by atoms with Crippen LogP contribution in [0, 0.1) is 9.49 Å². The van der Waals surface area contributed by atoms with E-state index in [1.807, 2.05) is 18.2 Å². The summed E-state index contributed by atoms with van der Waals surface area (Å²) in [5, 5.41) is 6.47. The van der Waals surface area contributed by atoms with E-state index in [1.165, 1.54) is 0 Å². The molecule has 80 valence electrons. The SMILES string of the molecule is O=C(Nc1ccc(I)cc1Cl)C1CNC1. The number of amides is 1. The average Bonchev–Trinajstić information content (AvgIpc) is 2.07. The zero-order valence-electron chi connectivity index (χ0n) is 7.89. The predicted octanol–water partition coefficient (Wildman–Crippen LogP) is 2.10. The minimum Gasteiger partial charge on any atom is -0.324 e. The van der Waals surface area contributed by atoms with Gasteiger partial charge in [-0.05, 0) is 40.8 Å². The van der Waals surface area contributed by atoms with Crippen molar-refractivity contribution in [2.24, 2.45) is 5.92 Å². The van der Waals surface area contributed by atoms with Gasteiger partial charge < -0.3 is 10.6 Å². The highest BCUT2D eigenvalue weighted by Gasteiger charge is 2.25. The summed E-state index contributed by atoms with van der Waals surface area (Å²) in [4.78, 5) is 11.6. The van der Waals surface area contributed by atoms with Crippen LogP contribution in [-0.2, 0) is 4.79 Å². The van der Waals surface area contributed by atoms with Crippen LogP contribution in [0.5, 0.6) is 0 Å². The Morgan fingerprint density at radius 2 is 2.27 bits per heavy atom. The molecule has 0 radical (unpaired) electrons. The number of anilines is 1. The molecule has 0 aromatic heterocycles. The number of carbonyl (C=O) groups excluding carboxylic acids is 1. The van der Waals surface area contributed by atoms with Gasteiger partial charge in [-0.25, -0.2) is 0 Å². The molecule has 1 aliphatic heterocycles. The molecule has 1 saturated heterocycles. The van der Waals surface area contributed by atoms with E-state index in [2.05, 4.69) is 33.2 Å². The number of hydrogen-bond donors (Lipinski definition) is 2. The number of nitrogens with one attached hydrogen (secondary N) is 2. The Hall–Kier alpha value is -0.330. The summed E-state index contributed by atoms with van der Waals surface area (Å²) in [6.45, 7) is 1.52. The van der Waals surface area contributed by atoms with Crippen molar-refractivity contribution in [1.29, 1.82) is 0 Å². The van der Waals surface area contributed by atoms with Gasteiger partial charge in [0, 0.05) is 16.7 Å². The van der Waals surface area contributed by atoms with Crippen molar-refractivity contribution >= 4 is 45.8 Å². The number of carbonyl (C=O) groups is 1. The van der Waals surface area contributed by atoms with Crippen molar-refractivity contribution in [1.82, 2.24) is 5.32 Å². The molecule has 1 amide bonds. The van der Waals surface area contributed by atoms with Gasteiger partial charge >= 0.3 is 0 Å². The van der Waals surface area contributed by atoms with Gasteiger partial charge in [-0.3, -0.25) is 4.79 Å². The first-order chi connectivity index (χ1) is 7.16. The van der Waals surface area contributed by atoms with Crippen LogP contribution in [0.4, 0.5) is 5.69 Å². The fourth-order valence-electron chi connectivity index (χ4n) is 1.30. The van der Waals surface area contributed by atoms with Crippen LogP contribution in [0.2, 0.25) is 5.02 Å². The smallest absolute Gasteiger partial charge is 0.230 e. The lowest BCUT2D eigenvalue weighted by Gasteiger charge is -2.25. The third kappa shape index (κ3) is 2.62. The minimum absolute atomic E-state index is 0.0388. The molecule has 0 unspecified atom stereocenters. The minimum atomic E-state index is 0.0388. The van der Waals surface area contributed by atoms with Crippen LogP contribution >= 0.6 is 34.2 Å². The molecule has 0 bridgehead atoms. The Kier molecular flexibility index (Phi) is 3.48. The van der Waals surface area contributed by atoms with Gasteiger partial charge in [-0.1, -0.05) is 11.6 Å². The van der Waals surface area contributed by atoms with Gasteiger partial charge in [0.15, 0.2) is 0 Å². The maximum Gasteiger partial charge on any atom is 0.230 e. The van der Waals surface area contributed by atoms with Gasteiger partial charge in [0.2, 0.25) is 5.91 Å². The summed E-state index contributed by atoms with van der Waals surface area (Å²) in [6, 6.07) is 5.58. The molecule has 0 spiro atoms. The van der Waals surface area contributed by atoms with Crippen LogP contribution in [0.25, 0.3) is 0 Å². The molecule has 0 aliphatic carbocycles. The first-order valence-electron chi connectivity index (χ1n) is 4.63. The largest absolute Gasteiger partial charge is 0.324 e. The average molecular weight is 337 g/mol. The van der Waals surface area contributed by atoms with Gasteiger partial charge in [0.1, 0.15) is 0 Å². The van der Waals surface area contributed by atoms with Crippen LogP contribution in [0.15, 0.2) is 18.2 Å². The summed E-state index contributed by atoms with van der Waals surface area (Å²) in [5.74, 6) is 0.122. The van der Waals surface area contributed by atoms with E-state index < -0.39 is 0 Å². The number of hydrogen-bond acceptors (Lipinski definition) is 2. The van der Waals surface area contributed by atoms with Gasteiger partial charge in [0.05, 0.1) is 16.6 Å². The van der Waals surface area contributed by atoms with Crippen LogP contribution in [-0.4, -0.2) is 19.0 Å². The summed E-state index contributed by atoms with van der Waals surface area (Å²) >= 11 is 8.18. The zero-order valence-corrected chi connectivity index (χ0v) is 10.8. The second-order valence-electron chi connectivity index (χ2n) is 3.47. The maximum atomic E-state index is 11.6. The van der Waals surface area contributed by atoms with Crippen molar-refractivity contribution in [3.63, 3.8) is 0 Å². The molecule has 1 heterocycles. The number of benzene rings is 1. The van der Waals surface area contributed by atoms with E-state index in [4.69, 9.17) is 11.6 Å². The lowest BCUT2D eigenvalue weighted by atomic mass is 10.0. The molecular weight excluding hydrogens is 326 g/mol. The monoisotopic (exact) mass is 336 g/mol. The summed E-state index contributed by atoms with van der Waals surface area (Å²) in [7, 11) is 0. The second-order valence-corrected chi connectivity index (χ2v) is 5.12. The third-order valence-electron chi connectivity index (χ3n) is 2.34. The molecule has 3 nitrogen and oxygen atoms in total. The summed E-state index contributed by atoms with van der Waals surface area (Å²) in [5.41, 5.74) is 0.689. The molecule has 0 atom stereocenters. The van der Waals surface area contributed by atoms with Crippen molar-refractivity contribution in [3.05, 3.63) is 26.8 Å². The molecule has 2 N–H and O–H groups in total. The van der Waals surface area contributed by atoms with Crippen LogP contribution in [0.1, 0.15) is 0 Å². The van der Waals surface area contributed by atoms with Crippen molar-refractivity contribution in [3.8, 4) is 0 Å². The maximum absolute atomic E-state index is 11.6. The molecule has 1 aliphatic rings. The Morgan fingerprint density at radius 1 is 1.53 bits per heavy atom. The van der Waals surface area contributed by atoms with E-state index in [-0.39, 0.29) is 11.8 Å². The van der Waals surface area contributed by atoms with E-state index in [0.29, 0.717) is 10.7 Å². The summed E-state index contributed by atoms with van der Waals surface area (Å²) < 4.78 is 1.06. The quantitative estimate of drug-likeness (QED) is 0.812. The Labute approximate surface area is 107 Å². The van der Waals surface area contributed by atoms with Crippen molar-refractivity contribution in [2.45, 2.75) is 0 Å².